The number of Topliss-reactive ketones (excluding diaryl/α,β-unsaturated/α-hetero) is 1. The lowest BCUT2D eigenvalue weighted by Crippen LogP contribution is -2.53. The molecule has 24 heavy (non-hydrogen) atoms. The van der Waals surface area contributed by atoms with Crippen LogP contribution in [0.25, 0.3) is 0 Å². The Morgan fingerprint density at radius 2 is 1.88 bits per heavy atom. The third-order valence-corrected chi connectivity index (χ3v) is 5.63. The fourth-order valence-corrected chi connectivity index (χ4v) is 3.74. The molecule has 1 heterocycles. The van der Waals surface area contributed by atoms with Crippen LogP contribution in [0, 0.1) is 5.92 Å². The van der Waals surface area contributed by atoms with Gasteiger partial charge in [-0.3, -0.25) is 9.69 Å². The van der Waals surface area contributed by atoms with Crippen LogP contribution in [-0.4, -0.2) is 56.6 Å². The molecule has 0 radical (unpaired) electrons. The standard InChI is InChI=1S/C20H28N2O2/c1-20(21(2)3,17-6-4-5-7-17)19(23)16-8-10-18(11-9-16)22-12-14-24-15-13-22/h4,6,8-11,17H,5,7,12-15H2,1-3H3. The molecule has 1 aliphatic heterocycles. The molecule has 0 aromatic heterocycles. The number of nitrogens with zero attached hydrogens (tertiary/aromatic N) is 2. The van der Waals surface area contributed by atoms with Gasteiger partial charge in [0.15, 0.2) is 5.78 Å². The molecule has 0 amide bonds. The number of benzene rings is 1. The predicted molar refractivity (Wildman–Crippen MR) is 97.8 cm³/mol. The van der Waals surface area contributed by atoms with Gasteiger partial charge in [0.25, 0.3) is 0 Å². The number of morpholine rings is 1. The maximum absolute atomic E-state index is 13.3. The summed E-state index contributed by atoms with van der Waals surface area (Å²) in [6, 6.07) is 8.10. The number of anilines is 1. The van der Waals surface area contributed by atoms with E-state index >= 15 is 0 Å². The van der Waals surface area contributed by atoms with Crippen molar-refractivity contribution in [3.8, 4) is 0 Å². The minimum absolute atomic E-state index is 0.206. The number of ketones is 1. The van der Waals surface area contributed by atoms with Gasteiger partial charge in [-0.1, -0.05) is 12.2 Å². The van der Waals surface area contributed by atoms with Gasteiger partial charge in [0.05, 0.1) is 18.8 Å². The average molecular weight is 328 g/mol. The van der Waals surface area contributed by atoms with Crippen molar-refractivity contribution in [1.82, 2.24) is 4.90 Å². The molecule has 0 saturated carbocycles. The molecular weight excluding hydrogens is 300 g/mol. The van der Waals surface area contributed by atoms with Crippen molar-refractivity contribution in [3.05, 3.63) is 42.0 Å². The van der Waals surface area contributed by atoms with Crippen molar-refractivity contribution < 1.29 is 9.53 Å². The summed E-state index contributed by atoms with van der Waals surface area (Å²) in [5, 5.41) is 0. The van der Waals surface area contributed by atoms with Gasteiger partial charge in [-0.25, -0.2) is 0 Å². The van der Waals surface area contributed by atoms with Crippen molar-refractivity contribution in [1.29, 1.82) is 0 Å². The fourth-order valence-electron chi connectivity index (χ4n) is 3.74. The van der Waals surface area contributed by atoms with Crippen LogP contribution in [-0.2, 0) is 4.74 Å². The highest BCUT2D eigenvalue weighted by molar-refractivity contribution is 6.03. The molecule has 1 aliphatic carbocycles. The van der Waals surface area contributed by atoms with Crippen LogP contribution in [0.2, 0.25) is 0 Å². The van der Waals surface area contributed by atoms with Crippen molar-refractivity contribution in [3.63, 3.8) is 0 Å². The van der Waals surface area contributed by atoms with Gasteiger partial charge in [0.2, 0.25) is 0 Å². The molecule has 2 unspecified atom stereocenters. The molecule has 0 spiro atoms. The van der Waals surface area contributed by atoms with E-state index in [9.17, 15) is 4.79 Å². The predicted octanol–water partition coefficient (Wildman–Crippen LogP) is 2.99. The number of rotatable bonds is 5. The molecule has 4 heteroatoms. The Balaban J connectivity index is 1.81. The molecule has 0 bridgehead atoms. The zero-order valence-electron chi connectivity index (χ0n) is 15.0. The van der Waals surface area contributed by atoms with Crippen molar-refractivity contribution >= 4 is 11.5 Å². The lowest BCUT2D eigenvalue weighted by atomic mass is 9.78. The molecular formula is C20H28N2O2. The summed E-state index contributed by atoms with van der Waals surface area (Å²) in [6.07, 6.45) is 6.52. The number of likely N-dealkylation sites (N-methyl/N-ethyl adjacent to an activating group) is 1. The van der Waals surface area contributed by atoms with Crippen LogP contribution >= 0.6 is 0 Å². The number of ether oxygens (including phenoxy) is 1. The molecule has 4 nitrogen and oxygen atoms in total. The zero-order valence-corrected chi connectivity index (χ0v) is 15.0. The summed E-state index contributed by atoms with van der Waals surface area (Å²) in [6.45, 7) is 5.44. The monoisotopic (exact) mass is 328 g/mol. The molecule has 3 rings (SSSR count). The van der Waals surface area contributed by atoms with Crippen LogP contribution in [0.15, 0.2) is 36.4 Å². The van der Waals surface area contributed by atoms with Crippen molar-refractivity contribution in [2.45, 2.75) is 25.3 Å². The quantitative estimate of drug-likeness (QED) is 0.614. The van der Waals surface area contributed by atoms with Gasteiger partial charge < -0.3 is 9.64 Å². The zero-order chi connectivity index (χ0) is 17.2. The molecule has 2 aliphatic rings. The molecule has 130 valence electrons. The van der Waals surface area contributed by atoms with E-state index in [1.807, 2.05) is 26.2 Å². The minimum Gasteiger partial charge on any atom is -0.378 e. The summed E-state index contributed by atoms with van der Waals surface area (Å²) < 4.78 is 5.40. The Kier molecular flexibility index (Phi) is 5.07. The lowest BCUT2D eigenvalue weighted by molar-refractivity contribution is 0.0613. The highest BCUT2D eigenvalue weighted by Crippen LogP contribution is 2.35. The van der Waals surface area contributed by atoms with Crippen LogP contribution in [0.1, 0.15) is 30.1 Å². The number of allylic oxidation sites excluding steroid dienone is 1. The Hall–Kier alpha value is -1.65. The van der Waals surface area contributed by atoms with E-state index in [2.05, 4.69) is 41.0 Å². The first-order valence-electron chi connectivity index (χ1n) is 8.85. The Bertz CT molecular complexity index is 603. The SMILES string of the molecule is CN(C)C(C)(C(=O)c1ccc(N2CCOCC2)cc1)C1C=CCC1. The maximum Gasteiger partial charge on any atom is 0.183 e. The number of hydrogen-bond donors (Lipinski definition) is 0. The van der Waals surface area contributed by atoms with Crippen LogP contribution in [0.3, 0.4) is 0 Å². The second-order valence-corrected chi connectivity index (χ2v) is 7.13. The van der Waals surface area contributed by atoms with Gasteiger partial charge in [-0.05, 0) is 58.1 Å². The number of carbonyl (C=O) groups is 1. The fraction of sp³-hybridized carbons (Fsp3) is 0.550. The minimum atomic E-state index is -0.493. The van der Waals surface area contributed by atoms with E-state index < -0.39 is 5.54 Å². The van der Waals surface area contributed by atoms with Gasteiger partial charge >= 0.3 is 0 Å². The third kappa shape index (κ3) is 3.13. The molecule has 1 fully saturated rings. The smallest absolute Gasteiger partial charge is 0.183 e. The first-order valence-corrected chi connectivity index (χ1v) is 8.85. The summed E-state index contributed by atoms with van der Waals surface area (Å²) in [7, 11) is 4.01. The average Bonchev–Trinajstić information content (AvgIpc) is 3.16. The first kappa shape index (κ1) is 17.2. The maximum atomic E-state index is 13.3. The highest BCUT2D eigenvalue weighted by atomic mass is 16.5. The molecule has 1 saturated heterocycles. The van der Waals surface area contributed by atoms with Crippen LogP contribution in [0.5, 0.6) is 0 Å². The highest BCUT2D eigenvalue weighted by Gasteiger charge is 2.43. The van der Waals surface area contributed by atoms with Crippen LogP contribution in [0.4, 0.5) is 5.69 Å². The van der Waals surface area contributed by atoms with E-state index in [4.69, 9.17) is 4.74 Å². The summed E-state index contributed by atoms with van der Waals surface area (Å²) >= 11 is 0. The first-order chi connectivity index (χ1) is 11.5. The second kappa shape index (κ2) is 7.08. The van der Waals surface area contributed by atoms with E-state index in [0.717, 1.165) is 44.7 Å². The van der Waals surface area contributed by atoms with E-state index in [1.54, 1.807) is 0 Å². The Morgan fingerprint density at radius 1 is 1.21 bits per heavy atom. The largest absolute Gasteiger partial charge is 0.378 e. The molecule has 2 atom stereocenters. The summed E-state index contributed by atoms with van der Waals surface area (Å²) in [4.78, 5) is 17.7. The van der Waals surface area contributed by atoms with E-state index in [0.29, 0.717) is 0 Å². The topological polar surface area (TPSA) is 32.8 Å². The Labute approximate surface area is 145 Å². The van der Waals surface area contributed by atoms with Gasteiger partial charge in [-0.2, -0.15) is 0 Å². The van der Waals surface area contributed by atoms with Gasteiger partial charge in [0, 0.05) is 30.3 Å². The normalized spacial score (nSPS) is 23.5. The number of hydrogen-bond acceptors (Lipinski definition) is 4. The lowest BCUT2D eigenvalue weighted by Gasteiger charge is -2.39. The number of carbonyl (C=O) groups excluding carboxylic acids is 1. The second-order valence-electron chi connectivity index (χ2n) is 7.13. The molecule has 1 aromatic rings. The van der Waals surface area contributed by atoms with E-state index in [1.165, 1.54) is 5.69 Å². The third-order valence-electron chi connectivity index (χ3n) is 5.63. The van der Waals surface area contributed by atoms with E-state index in [-0.39, 0.29) is 11.7 Å². The molecule has 1 aromatic carbocycles. The van der Waals surface area contributed by atoms with Gasteiger partial charge in [0.1, 0.15) is 0 Å². The molecule has 0 N–H and O–H groups in total. The summed E-state index contributed by atoms with van der Waals surface area (Å²) in [5.74, 6) is 0.483. The Morgan fingerprint density at radius 3 is 2.42 bits per heavy atom. The summed E-state index contributed by atoms with van der Waals surface area (Å²) in [5.41, 5.74) is 1.47. The van der Waals surface area contributed by atoms with Gasteiger partial charge in [-0.15, -0.1) is 0 Å². The van der Waals surface area contributed by atoms with Crippen molar-refractivity contribution in [2.24, 2.45) is 5.92 Å². The van der Waals surface area contributed by atoms with Crippen molar-refractivity contribution in [2.75, 3.05) is 45.3 Å². The van der Waals surface area contributed by atoms with Crippen LogP contribution < -0.4 is 4.90 Å².